The number of nitrogens with zero attached hydrogens (tertiary/aromatic N) is 2. The molecule has 1 heterocycles. The lowest BCUT2D eigenvalue weighted by atomic mass is 10.2. The monoisotopic (exact) mass is 245 g/mol. The van der Waals surface area contributed by atoms with Crippen LogP contribution in [0.2, 0.25) is 0 Å². The topological polar surface area (TPSA) is 29.9 Å². The molecule has 0 saturated carbocycles. The highest BCUT2D eigenvalue weighted by Crippen LogP contribution is 2.23. The molecule has 5 heteroatoms. The Hall–Kier alpha value is -0.970. The van der Waals surface area contributed by atoms with Crippen LogP contribution in [0.4, 0.5) is 8.78 Å². The summed E-state index contributed by atoms with van der Waals surface area (Å²) in [6.45, 7) is 7.86. The molecule has 0 bridgehead atoms. The predicted molar refractivity (Wildman–Crippen MR) is 64.0 cm³/mol. The van der Waals surface area contributed by atoms with Crippen LogP contribution in [0.25, 0.3) is 0 Å². The van der Waals surface area contributed by atoms with E-state index in [9.17, 15) is 8.78 Å². The van der Waals surface area contributed by atoms with Gasteiger partial charge in [0.15, 0.2) is 0 Å². The first-order valence-corrected chi connectivity index (χ1v) is 6.09. The second kappa shape index (κ2) is 6.69. The summed E-state index contributed by atoms with van der Waals surface area (Å²) in [4.78, 5) is 0. The highest BCUT2D eigenvalue weighted by molar-refractivity contribution is 5.19. The van der Waals surface area contributed by atoms with Gasteiger partial charge in [-0.25, -0.2) is 8.78 Å². The molecule has 0 aliphatic carbocycles. The minimum Gasteiger partial charge on any atom is -0.313 e. The standard InChI is InChI=1S/C12H21F2N3/c1-4-5-15-6-10-7-16-17(8-9(2)3)11(10)12(13)14/h7,9,12,15H,4-6,8H2,1-3H3. The van der Waals surface area contributed by atoms with E-state index in [4.69, 9.17) is 0 Å². The van der Waals surface area contributed by atoms with E-state index in [1.807, 2.05) is 20.8 Å². The number of hydrogen-bond acceptors (Lipinski definition) is 2. The molecule has 0 aliphatic heterocycles. The van der Waals surface area contributed by atoms with Crippen molar-refractivity contribution < 1.29 is 8.78 Å². The second-order valence-corrected chi connectivity index (χ2v) is 4.61. The Kier molecular flexibility index (Phi) is 5.55. The molecule has 0 unspecified atom stereocenters. The summed E-state index contributed by atoms with van der Waals surface area (Å²) in [6, 6.07) is 0. The third-order valence-electron chi connectivity index (χ3n) is 2.45. The zero-order chi connectivity index (χ0) is 12.8. The largest absolute Gasteiger partial charge is 0.313 e. The van der Waals surface area contributed by atoms with Crippen molar-refractivity contribution in [3.05, 3.63) is 17.5 Å². The molecule has 1 aromatic rings. The van der Waals surface area contributed by atoms with Crippen molar-refractivity contribution >= 4 is 0 Å². The van der Waals surface area contributed by atoms with Crippen LogP contribution in [0.5, 0.6) is 0 Å². The van der Waals surface area contributed by atoms with E-state index in [0.717, 1.165) is 13.0 Å². The van der Waals surface area contributed by atoms with Crippen molar-refractivity contribution in [2.75, 3.05) is 6.54 Å². The van der Waals surface area contributed by atoms with Gasteiger partial charge in [0, 0.05) is 18.7 Å². The number of nitrogens with one attached hydrogen (secondary N) is 1. The van der Waals surface area contributed by atoms with Crippen molar-refractivity contribution in [1.29, 1.82) is 0 Å². The lowest BCUT2D eigenvalue weighted by molar-refractivity contribution is 0.136. The molecule has 98 valence electrons. The molecule has 17 heavy (non-hydrogen) atoms. The average molecular weight is 245 g/mol. The zero-order valence-electron chi connectivity index (χ0n) is 10.7. The van der Waals surface area contributed by atoms with Gasteiger partial charge in [-0.2, -0.15) is 5.10 Å². The number of halogens is 2. The molecule has 0 aromatic carbocycles. The first-order valence-electron chi connectivity index (χ1n) is 6.09. The lowest BCUT2D eigenvalue weighted by Crippen LogP contribution is -2.16. The summed E-state index contributed by atoms with van der Waals surface area (Å²) in [5, 5.41) is 7.18. The third-order valence-corrected chi connectivity index (χ3v) is 2.45. The Morgan fingerprint density at radius 2 is 2.12 bits per heavy atom. The normalized spacial score (nSPS) is 11.7. The maximum Gasteiger partial charge on any atom is 0.280 e. The Bertz CT molecular complexity index is 334. The van der Waals surface area contributed by atoms with E-state index in [0.29, 0.717) is 24.6 Å². The maximum absolute atomic E-state index is 13.0. The van der Waals surface area contributed by atoms with Crippen molar-refractivity contribution in [1.82, 2.24) is 15.1 Å². The summed E-state index contributed by atoms with van der Waals surface area (Å²) >= 11 is 0. The molecule has 0 atom stereocenters. The molecule has 1 aromatic heterocycles. The van der Waals surface area contributed by atoms with Crippen LogP contribution in [0.1, 0.15) is 44.9 Å². The fraction of sp³-hybridized carbons (Fsp3) is 0.750. The maximum atomic E-state index is 13.0. The van der Waals surface area contributed by atoms with Crippen LogP contribution in [-0.4, -0.2) is 16.3 Å². The van der Waals surface area contributed by atoms with Crippen molar-refractivity contribution in [2.45, 2.75) is 46.7 Å². The Balaban J connectivity index is 2.79. The Labute approximate surface area is 101 Å². The fourth-order valence-corrected chi connectivity index (χ4v) is 1.71. The highest BCUT2D eigenvalue weighted by Gasteiger charge is 2.19. The average Bonchev–Trinajstić information content (AvgIpc) is 2.60. The van der Waals surface area contributed by atoms with Gasteiger partial charge < -0.3 is 5.32 Å². The SMILES string of the molecule is CCCNCc1cnn(CC(C)C)c1C(F)F. The number of alkyl halides is 2. The number of aromatic nitrogens is 2. The van der Waals surface area contributed by atoms with Crippen molar-refractivity contribution in [3.63, 3.8) is 0 Å². The Morgan fingerprint density at radius 3 is 2.65 bits per heavy atom. The van der Waals surface area contributed by atoms with E-state index >= 15 is 0 Å². The molecule has 0 saturated heterocycles. The summed E-state index contributed by atoms with van der Waals surface area (Å²) in [6.07, 6.45) is 0.0751. The van der Waals surface area contributed by atoms with Gasteiger partial charge in [0.1, 0.15) is 5.69 Å². The van der Waals surface area contributed by atoms with Crippen LogP contribution in [0.3, 0.4) is 0 Å². The van der Waals surface area contributed by atoms with E-state index in [1.54, 1.807) is 6.20 Å². The smallest absolute Gasteiger partial charge is 0.280 e. The van der Waals surface area contributed by atoms with Crippen LogP contribution < -0.4 is 5.32 Å². The lowest BCUT2D eigenvalue weighted by Gasteiger charge is -2.11. The first-order chi connectivity index (χ1) is 8.06. The predicted octanol–water partition coefficient (Wildman–Crippen LogP) is 2.98. The Morgan fingerprint density at radius 1 is 1.41 bits per heavy atom. The van der Waals surface area contributed by atoms with E-state index in [1.165, 1.54) is 4.68 Å². The van der Waals surface area contributed by atoms with Gasteiger partial charge in [0.2, 0.25) is 0 Å². The molecular weight excluding hydrogens is 224 g/mol. The van der Waals surface area contributed by atoms with Gasteiger partial charge in [0.25, 0.3) is 6.43 Å². The minimum absolute atomic E-state index is 0.0577. The van der Waals surface area contributed by atoms with E-state index < -0.39 is 6.43 Å². The van der Waals surface area contributed by atoms with E-state index in [2.05, 4.69) is 10.4 Å². The summed E-state index contributed by atoms with van der Waals surface area (Å²) < 4.78 is 27.4. The fourth-order valence-electron chi connectivity index (χ4n) is 1.71. The van der Waals surface area contributed by atoms with Crippen LogP contribution in [0, 0.1) is 5.92 Å². The van der Waals surface area contributed by atoms with Crippen LogP contribution in [-0.2, 0) is 13.1 Å². The van der Waals surface area contributed by atoms with Gasteiger partial charge in [-0.05, 0) is 18.9 Å². The minimum atomic E-state index is -2.46. The van der Waals surface area contributed by atoms with Crippen LogP contribution in [0.15, 0.2) is 6.20 Å². The number of hydrogen-bond donors (Lipinski definition) is 1. The summed E-state index contributed by atoms with van der Waals surface area (Å²) in [7, 11) is 0. The van der Waals surface area contributed by atoms with E-state index in [-0.39, 0.29) is 5.69 Å². The van der Waals surface area contributed by atoms with Crippen molar-refractivity contribution in [2.24, 2.45) is 5.92 Å². The number of rotatable bonds is 7. The first kappa shape index (κ1) is 14.1. The van der Waals surface area contributed by atoms with Crippen molar-refractivity contribution in [3.8, 4) is 0 Å². The van der Waals surface area contributed by atoms with Gasteiger partial charge >= 0.3 is 0 Å². The summed E-state index contributed by atoms with van der Waals surface area (Å²) in [5.41, 5.74) is 0.663. The zero-order valence-corrected chi connectivity index (χ0v) is 10.7. The molecule has 0 aliphatic rings. The van der Waals surface area contributed by atoms with Gasteiger partial charge in [-0.3, -0.25) is 4.68 Å². The van der Waals surface area contributed by atoms with Gasteiger partial charge in [-0.1, -0.05) is 20.8 Å². The molecule has 0 amide bonds. The second-order valence-electron chi connectivity index (χ2n) is 4.61. The van der Waals surface area contributed by atoms with Crippen LogP contribution >= 0.6 is 0 Å². The van der Waals surface area contributed by atoms with Gasteiger partial charge in [0.05, 0.1) is 6.20 Å². The molecular formula is C12H21F2N3. The van der Waals surface area contributed by atoms with Gasteiger partial charge in [-0.15, -0.1) is 0 Å². The highest BCUT2D eigenvalue weighted by atomic mass is 19.3. The molecule has 1 N–H and O–H groups in total. The molecule has 0 spiro atoms. The molecule has 0 fully saturated rings. The molecule has 0 radical (unpaired) electrons. The summed E-state index contributed by atoms with van der Waals surface area (Å²) in [5.74, 6) is 0.309. The molecule has 1 rings (SSSR count). The third kappa shape index (κ3) is 4.07. The quantitative estimate of drug-likeness (QED) is 0.748. The molecule has 3 nitrogen and oxygen atoms in total.